The van der Waals surface area contributed by atoms with Crippen LogP contribution in [0.25, 0.3) is 0 Å². The summed E-state index contributed by atoms with van der Waals surface area (Å²) in [4.78, 5) is 12.9. The van der Waals surface area contributed by atoms with Gasteiger partial charge in [0, 0.05) is 0 Å². The summed E-state index contributed by atoms with van der Waals surface area (Å²) in [5.41, 5.74) is 1.83. The minimum atomic E-state index is -0.819. The van der Waals surface area contributed by atoms with Crippen LogP contribution in [0.5, 0.6) is 0 Å². The van der Waals surface area contributed by atoms with Crippen LogP contribution in [-0.2, 0) is 11.3 Å². The van der Waals surface area contributed by atoms with Gasteiger partial charge in [0.05, 0.1) is 6.61 Å². The van der Waals surface area contributed by atoms with E-state index in [0.717, 1.165) is 6.42 Å². The summed E-state index contributed by atoms with van der Waals surface area (Å²) < 4.78 is 0. The van der Waals surface area contributed by atoms with Gasteiger partial charge in [-0.3, -0.25) is 0 Å². The maximum absolute atomic E-state index is 9.18. The Hall–Kier alpha value is -1.58. The minimum Gasteiger partial charge on any atom is -0.314 e. The fraction of sp³-hybridized carbons (Fsp3) is 0.538. The Bertz CT molecular complexity index is 317. The first-order chi connectivity index (χ1) is 7.85. The maximum atomic E-state index is 9.18. The highest BCUT2D eigenvalue weighted by atomic mass is 16.9. The van der Waals surface area contributed by atoms with E-state index in [2.05, 4.69) is 55.9 Å². The van der Waals surface area contributed by atoms with Crippen LogP contribution in [-0.4, -0.2) is 11.7 Å². The van der Waals surface area contributed by atoms with Crippen molar-refractivity contribution in [3.8, 4) is 0 Å². The Balaban J connectivity index is 0.000000366. The van der Waals surface area contributed by atoms with Crippen molar-refractivity contribution < 1.29 is 9.92 Å². The lowest BCUT2D eigenvalue weighted by Gasteiger charge is -2.17. The summed E-state index contributed by atoms with van der Waals surface area (Å²) in [6.45, 7) is 8.48. The zero-order chi connectivity index (χ0) is 13.3. The Morgan fingerprint density at radius 1 is 1.24 bits per heavy atom. The molecule has 4 nitrogen and oxygen atoms in total. The maximum Gasteiger partial charge on any atom is 0.294 e. The highest BCUT2D eigenvalue weighted by Crippen LogP contribution is 2.19. The predicted molar refractivity (Wildman–Crippen MR) is 68.2 cm³/mol. The smallest absolute Gasteiger partial charge is 0.294 e. The van der Waals surface area contributed by atoms with Gasteiger partial charge in [-0.15, -0.1) is 10.1 Å². The summed E-state index contributed by atoms with van der Waals surface area (Å²) in [6.07, 6.45) is 1.16. The van der Waals surface area contributed by atoms with E-state index in [1.165, 1.54) is 5.56 Å². The molecule has 0 aliphatic carbocycles. The second kappa shape index (κ2) is 7.65. The van der Waals surface area contributed by atoms with Gasteiger partial charge < -0.3 is 4.84 Å². The Labute approximate surface area is 103 Å². The average Bonchev–Trinajstić information content (AvgIpc) is 2.17. The minimum absolute atomic E-state index is 0.132. The van der Waals surface area contributed by atoms with Gasteiger partial charge in [0.2, 0.25) is 0 Å². The summed E-state index contributed by atoms with van der Waals surface area (Å²) in [5.74, 6) is 0. The fourth-order valence-electron chi connectivity index (χ4n) is 1.31. The fourth-order valence-corrected chi connectivity index (χ4v) is 1.31. The average molecular weight is 239 g/mol. The van der Waals surface area contributed by atoms with E-state index in [4.69, 9.17) is 0 Å². The lowest BCUT2D eigenvalue weighted by molar-refractivity contribution is -0.756. The van der Waals surface area contributed by atoms with E-state index in [9.17, 15) is 10.1 Å². The van der Waals surface area contributed by atoms with E-state index in [1.54, 1.807) is 6.92 Å². The predicted octanol–water partition coefficient (Wildman–Crippen LogP) is 3.49. The first kappa shape index (κ1) is 15.4. The third-order valence-corrected chi connectivity index (χ3v) is 1.81. The van der Waals surface area contributed by atoms with Gasteiger partial charge in [-0.25, -0.2) is 0 Å². The largest absolute Gasteiger partial charge is 0.314 e. The molecule has 0 aliphatic heterocycles. The van der Waals surface area contributed by atoms with Gasteiger partial charge in [-0.2, -0.15) is 0 Å². The summed E-state index contributed by atoms with van der Waals surface area (Å²) >= 11 is 0. The Morgan fingerprint density at radius 3 is 2.06 bits per heavy atom. The molecule has 1 aromatic carbocycles. The van der Waals surface area contributed by atoms with Crippen molar-refractivity contribution in [2.24, 2.45) is 5.41 Å². The summed E-state index contributed by atoms with van der Waals surface area (Å²) in [6, 6.07) is 10.6. The highest BCUT2D eigenvalue weighted by Gasteiger charge is 2.09. The topological polar surface area (TPSA) is 52.4 Å². The molecule has 0 heterocycles. The molecule has 1 rings (SSSR count). The van der Waals surface area contributed by atoms with Crippen LogP contribution in [0.15, 0.2) is 30.3 Å². The highest BCUT2D eigenvalue weighted by molar-refractivity contribution is 5.15. The van der Waals surface area contributed by atoms with Gasteiger partial charge in [-0.1, -0.05) is 51.1 Å². The molecule has 17 heavy (non-hydrogen) atoms. The van der Waals surface area contributed by atoms with Crippen LogP contribution in [0, 0.1) is 15.5 Å². The number of hydrogen-bond acceptors (Lipinski definition) is 3. The van der Waals surface area contributed by atoms with E-state index in [1.807, 2.05) is 0 Å². The van der Waals surface area contributed by atoms with Gasteiger partial charge in [0.25, 0.3) is 5.09 Å². The molecule has 4 heteroatoms. The van der Waals surface area contributed by atoms with E-state index < -0.39 is 5.09 Å². The molecular formula is C13H21NO3. The van der Waals surface area contributed by atoms with E-state index in [-0.39, 0.29) is 6.61 Å². The molecule has 0 spiro atoms. The van der Waals surface area contributed by atoms with Crippen molar-refractivity contribution in [3.63, 3.8) is 0 Å². The Morgan fingerprint density at radius 2 is 1.76 bits per heavy atom. The van der Waals surface area contributed by atoms with Crippen LogP contribution in [0.1, 0.15) is 33.3 Å². The van der Waals surface area contributed by atoms with Crippen molar-refractivity contribution in [2.45, 2.75) is 34.1 Å². The molecule has 0 fully saturated rings. The molecule has 0 saturated carbocycles. The number of hydrogen-bond donors (Lipinski definition) is 0. The Kier molecular flexibility index (Phi) is 6.94. The molecule has 0 atom stereocenters. The molecule has 0 aromatic heterocycles. The van der Waals surface area contributed by atoms with Crippen LogP contribution < -0.4 is 0 Å². The third kappa shape index (κ3) is 10.7. The van der Waals surface area contributed by atoms with Crippen LogP contribution in [0.2, 0.25) is 0 Å². The first-order valence-corrected chi connectivity index (χ1v) is 5.66. The molecule has 0 amide bonds. The zero-order valence-electron chi connectivity index (χ0n) is 11.0. The zero-order valence-corrected chi connectivity index (χ0v) is 11.0. The number of benzene rings is 1. The van der Waals surface area contributed by atoms with E-state index in [0.29, 0.717) is 5.41 Å². The molecule has 0 unspecified atom stereocenters. The van der Waals surface area contributed by atoms with Gasteiger partial charge in [0.1, 0.15) is 0 Å². The second-order valence-corrected chi connectivity index (χ2v) is 4.86. The van der Waals surface area contributed by atoms with Crippen LogP contribution >= 0.6 is 0 Å². The summed E-state index contributed by atoms with van der Waals surface area (Å²) in [5, 5.41) is 8.36. The summed E-state index contributed by atoms with van der Waals surface area (Å²) in [7, 11) is 0. The SMILES string of the molecule is CC(C)(C)Cc1ccccc1.CCO[N+](=O)[O-]. The molecule has 0 radical (unpaired) electrons. The molecule has 0 saturated heterocycles. The lowest BCUT2D eigenvalue weighted by Crippen LogP contribution is -2.08. The molecule has 96 valence electrons. The van der Waals surface area contributed by atoms with Crippen molar-refractivity contribution in [3.05, 3.63) is 46.0 Å². The second-order valence-electron chi connectivity index (χ2n) is 4.86. The van der Waals surface area contributed by atoms with E-state index >= 15 is 0 Å². The molecule has 0 aliphatic rings. The van der Waals surface area contributed by atoms with Crippen molar-refractivity contribution >= 4 is 0 Å². The standard InChI is InChI=1S/C11H16.C2H5NO3/c1-11(2,3)9-10-7-5-4-6-8-10;1-2-6-3(4)5/h4-8H,9H2,1-3H3;2H2,1H3. The van der Waals surface area contributed by atoms with Crippen molar-refractivity contribution in [2.75, 3.05) is 6.61 Å². The van der Waals surface area contributed by atoms with Gasteiger partial charge in [-0.05, 0) is 24.3 Å². The third-order valence-electron chi connectivity index (χ3n) is 1.81. The lowest BCUT2D eigenvalue weighted by atomic mass is 9.88. The molecule has 0 N–H and O–H groups in total. The molecule has 1 aromatic rings. The monoisotopic (exact) mass is 239 g/mol. The molecular weight excluding hydrogens is 218 g/mol. The van der Waals surface area contributed by atoms with Crippen molar-refractivity contribution in [1.29, 1.82) is 0 Å². The normalized spacial score (nSPS) is 10.1. The van der Waals surface area contributed by atoms with Crippen LogP contribution in [0.4, 0.5) is 0 Å². The molecule has 0 bridgehead atoms. The quantitative estimate of drug-likeness (QED) is 0.599. The van der Waals surface area contributed by atoms with Gasteiger partial charge in [0.15, 0.2) is 0 Å². The van der Waals surface area contributed by atoms with Gasteiger partial charge >= 0.3 is 0 Å². The van der Waals surface area contributed by atoms with Crippen LogP contribution in [0.3, 0.4) is 0 Å². The number of nitrogens with zero attached hydrogens (tertiary/aromatic N) is 1. The first-order valence-electron chi connectivity index (χ1n) is 5.66. The number of rotatable bonds is 3. The van der Waals surface area contributed by atoms with Crippen molar-refractivity contribution in [1.82, 2.24) is 0 Å².